The number of amides is 1. The summed E-state index contributed by atoms with van der Waals surface area (Å²) in [7, 11) is 0. The lowest BCUT2D eigenvalue weighted by Gasteiger charge is -2.21. The molecular formula is C14H24N4O2. The number of nitrogens with two attached hydrogens (primary N) is 1. The lowest BCUT2D eigenvalue weighted by atomic mass is 10.1. The fourth-order valence-electron chi connectivity index (χ4n) is 2.62. The number of aromatic nitrogens is 2. The van der Waals surface area contributed by atoms with Crippen LogP contribution in [0.15, 0.2) is 4.52 Å². The Morgan fingerprint density at radius 1 is 1.55 bits per heavy atom. The van der Waals surface area contributed by atoms with Crippen molar-refractivity contribution < 1.29 is 9.32 Å². The topological polar surface area (TPSA) is 85.2 Å². The fourth-order valence-corrected chi connectivity index (χ4v) is 2.62. The Labute approximate surface area is 119 Å². The quantitative estimate of drug-likeness (QED) is 0.879. The van der Waals surface area contributed by atoms with E-state index in [9.17, 15) is 4.79 Å². The van der Waals surface area contributed by atoms with Crippen molar-refractivity contribution >= 4 is 5.91 Å². The highest BCUT2D eigenvalue weighted by molar-refractivity contribution is 5.77. The SMILES string of the molecule is CC(C)c1noc(CCC(=O)N2CC(CN)CC2C)n1. The average molecular weight is 280 g/mol. The Morgan fingerprint density at radius 2 is 2.30 bits per heavy atom. The van der Waals surface area contributed by atoms with Crippen LogP contribution in [0.5, 0.6) is 0 Å². The van der Waals surface area contributed by atoms with Crippen molar-refractivity contribution in [2.75, 3.05) is 13.1 Å². The van der Waals surface area contributed by atoms with Crippen LogP contribution < -0.4 is 5.73 Å². The average Bonchev–Trinajstić information content (AvgIpc) is 3.02. The van der Waals surface area contributed by atoms with Gasteiger partial charge in [0.1, 0.15) is 0 Å². The predicted octanol–water partition coefficient (Wildman–Crippen LogP) is 1.32. The van der Waals surface area contributed by atoms with Crippen molar-refractivity contribution in [3.05, 3.63) is 11.7 Å². The van der Waals surface area contributed by atoms with Crippen molar-refractivity contribution in [2.24, 2.45) is 11.7 Å². The number of hydrogen-bond acceptors (Lipinski definition) is 5. The van der Waals surface area contributed by atoms with Gasteiger partial charge in [-0.2, -0.15) is 4.98 Å². The largest absolute Gasteiger partial charge is 0.340 e. The highest BCUT2D eigenvalue weighted by atomic mass is 16.5. The molecule has 2 heterocycles. The molecule has 1 aliphatic heterocycles. The first-order valence-corrected chi connectivity index (χ1v) is 7.33. The van der Waals surface area contributed by atoms with E-state index in [2.05, 4.69) is 17.1 Å². The van der Waals surface area contributed by atoms with Crippen LogP contribution in [0.4, 0.5) is 0 Å². The molecule has 1 aromatic rings. The highest BCUT2D eigenvalue weighted by Crippen LogP contribution is 2.23. The summed E-state index contributed by atoms with van der Waals surface area (Å²) >= 11 is 0. The molecule has 6 nitrogen and oxygen atoms in total. The molecule has 1 aromatic heterocycles. The van der Waals surface area contributed by atoms with Crippen LogP contribution >= 0.6 is 0 Å². The zero-order valence-corrected chi connectivity index (χ0v) is 12.5. The van der Waals surface area contributed by atoms with E-state index in [0.29, 0.717) is 37.0 Å². The molecule has 2 atom stereocenters. The number of rotatable bonds is 5. The number of carbonyl (C=O) groups is 1. The minimum atomic E-state index is 0.151. The molecule has 2 rings (SSSR count). The molecule has 2 unspecified atom stereocenters. The third-order valence-corrected chi connectivity index (χ3v) is 3.87. The third-order valence-electron chi connectivity index (χ3n) is 3.87. The molecule has 0 bridgehead atoms. The molecule has 0 radical (unpaired) electrons. The van der Waals surface area contributed by atoms with Crippen molar-refractivity contribution in [3.63, 3.8) is 0 Å². The van der Waals surface area contributed by atoms with Crippen LogP contribution in [0.25, 0.3) is 0 Å². The molecule has 0 aliphatic carbocycles. The molecule has 1 amide bonds. The van der Waals surface area contributed by atoms with Crippen molar-refractivity contribution in [3.8, 4) is 0 Å². The van der Waals surface area contributed by atoms with Gasteiger partial charge in [-0.1, -0.05) is 19.0 Å². The van der Waals surface area contributed by atoms with Crippen LogP contribution in [0.3, 0.4) is 0 Å². The third kappa shape index (κ3) is 3.36. The zero-order chi connectivity index (χ0) is 14.7. The molecule has 0 aromatic carbocycles. The lowest BCUT2D eigenvalue weighted by Crippen LogP contribution is -2.34. The van der Waals surface area contributed by atoms with E-state index >= 15 is 0 Å². The second-order valence-corrected chi connectivity index (χ2v) is 5.93. The van der Waals surface area contributed by atoms with Crippen LogP contribution in [0.1, 0.15) is 51.2 Å². The van der Waals surface area contributed by atoms with Gasteiger partial charge in [-0.05, 0) is 25.8 Å². The van der Waals surface area contributed by atoms with Gasteiger partial charge in [-0.25, -0.2) is 0 Å². The summed E-state index contributed by atoms with van der Waals surface area (Å²) in [6.45, 7) is 7.53. The number of hydrogen-bond donors (Lipinski definition) is 1. The molecule has 2 N–H and O–H groups in total. The van der Waals surface area contributed by atoms with E-state index < -0.39 is 0 Å². The summed E-state index contributed by atoms with van der Waals surface area (Å²) in [5, 5.41) is 3.90. The van der Waals surface area contributed by atoms with Crippen LogP contribution in [-0.4, -0.2) is 40.1 Å². The molecule has 0 saturated carbocycles. The maximum atomic E-state index is 12.2. The Morgan fingerprint density at radius 3 is 2.85 bits per heavy atom. The summed E-state index contributed by atoms with van der Waals surface area (Å²) in [5.74, 6) is 2.07. The first kappa shape index (κ1) is 15.0. The van der Waals surface area contributed by atoms with Gasteiger partial charge in [0.25, 0.3) is 0 Å². The molecule has 20 heavy (non-hydrogen) atoms. The Bertz CT molecular complexity index is 458. The molecule has 112 valence electrons. The number of aryl methyl sites for hydroxylation is 1. The number of nitrogens with zero attached hydrogens (tertiary/aromatic N) is 3. The predicted molar refractivity (Wildman–Crippen MR) is 75.0 cm³/mol. The summed E-state index contributed by atoms with van der Waals surface area (Å²) in [5.41, 5.74) is 5.68. The van der Waals surface area contributed by atoms with Gasteiger partial charge in [0, 0.05) is 31.3 Å². The van der Waals surface area contributed by atoms with Crippen LogP contribution in [0, 0.1) is 5.92 Å². The summed E-state index contributed by atoms with van der Waals surface area (Å²) in [4.78, 5) is 18.4. The van der Waals surface area contributed by atoms with Gasteiger partial charge in [-0.3, -0.25) is 4.79 Å². The first-order valence-electron chi connectivity index (χ1n) is 7.33. The van der Waals surface area contributed by atoms with Crippen molar-refractivity contribution in [1.29, 1.82) is 0 Å². The van der Waals surface area contributed by atoms with Gasteiger partial charge >= 0.3 is 0 Å². The van der Waals surface area contributed by atoms with Gasteiger partial charge in [0.05, 0.1) is 0 Å². The second kappa shape index (κ2) is 6.35. The summed E-state index contributed by atoms with van der Waals surface area (Å²) in [6, 6.07) is 0.282. The van der Waals surface area contributed by atoms with Gasteiger partial charge in [0.15, 0.2) is 5.82 Å². The minimum Gasteiger partial charge on any atom is -0.340 e. The highest BCUT2D eigenvalue weighted by Gasteiger charge is 2.31. The van der Waals surface area contributed by atoms with Gasteiger partial charge in [-0.15, -0.1) is 0 Å². The maximum Gasteiger partial charge on any atom is 0.227 e. The first-order chi connectivity index (χ1) is 9.51. The van der Waals surface area contributed by atoms with Crippen LogP contribution in [0.2, 0.25) is 0 Å². The van der Waals surface area contributed by atoms with E-state index in [4.69, 9.17) is 10.3 Å². The Hall–Kier alpha value is -1.43. The lowest BCUT2D eigenvalue weighted by molar-refractivity contribution is -0.131. The molecule has 0 spiro atoms. The van der Waals surface area contributed by atoms with E-state index in [-0.39, 0.29) is 17.9 Å². The summed E-state index contributed by atoms with van der Waals surface area (Å²) < 4.78 is 5.16. The van der Waals surface area contributed by atoms with E-state index in [1.165, 1.54) is 0 Å². The van der Waals surface area contributed by atoms with Gasteiger partial charge in [0.2, 0.25) is 11.8 Å². The van der Waals surface area contributed by atoms with E-state index in [1.807, 2.05) is 18.7 Å². The molecular weight excluding hydrogens is 256 g/mol. The maximum absolute atomic E-state index is 12.2. The van der Waals surface area contributed by atoms with Crippen LogP contribution in [-0.2, 0) is 11.2 Å². The second-order valence-electron chi connectivity index (χ2n) is 5.93. The van der Waals surface area contributed by atoms with E-state index in [1.54, 1.807) is 0 Å². The zero-order valence-electron chi connectivity index (χ0n) is 12.5. The summed E-state index contributed by atoms with van der Waals surface area (Å²) in [6.07, 6.45) is 1.93. The smallest absolute Gasteiger partial charge is 0.227 e. The standard InChI is InChI=1S/C14H24N4O2/c1-9(2)14-16-12(20-17-14)4-5-13(19)18-8-11(7-15)6-10(18)3/h9-11H,4-8,15H2,1-3H3. The van der Waals surface area contributed by atoms with Crippen molar-refractivity contribution in [2.45, 2.75) is 52.0 Å². The Kier molecular flexibility index (Phi) is 4.75. The molecule has 6 heteroatoms. The normalized spacial score (nSPS) is 22.8. The minimum absolute atomic E-state index is 0.151. The molecule has 1 fully saturated rings. The monoisotopic (exact) mass is 280 g/mol. The number of carbonyl (C=O) groups excluding carboxylic acids is 1. The fraction of sp³-hybridized carbons (Fsp3) is 0.786. The number of likely N-dealkylation sites (tertiary alicyclic amines) is 1. The van der Waals surface area contributed by atoms with E-state index in [0.717, 1.165) is 13.0 Å². The molecule has 1 aliphatic rings. The van der Waals surface area contributed by atoms with Crippen molar-refractivity contribution in [1.82, 2.24) is 15.0 Å². The Balaban J connectivity index is 1.85. The molecule has 1 saturated heterocycles. The van der Waals surface area contributed by atoms with Gasteiger partial charge < -0.3 is 15.2 Å².